The van der Waals surface area contributed by atoms with Crippen molar-refractivity contribution in [2.45, 2.75) is 93.0 Å². The average molecular weight is 711 g/mol. The number of guanidine groups is 1. The van der Waals surface area contributed by atoms with E-state index in [2.05, 4.69) is 10.5 Å². The highest BCUT2D eigenvalue weighted by molar-refractivity contribution is 8.76. The van der Waals surface area contributed by atoms with Gasteiger partial charge in [-0.2, -0.15) is 0 Å². The number of anilines is 1. The molecule has 3 heterocycles. The standard InChI is InChI=1S/C35H42N4O8S2/c1-33(2,42)24-13-22-28(46-24)23-14-48-49-17-34(16-40,38-32(36)37)15-35(43)12-11-21(18-7-9-19(39-44)10-8-18)25-27(41)26(30(23)47-31(25)35)29(22)45-20-5-3-4-6-20/h7-12,20-21,24,39-40,42-44H,3-6,13-17H2,1-2H3,(H4,36,37,38). The molecule has 4 unspecified atom stereocenters. The highest BCUT2D eigenvalue weighted by Gasteiger charge is 2.48. The van der Waals surface area contributed by atoms with Crippen molar-refractivity contribution in [1.82, 2.24) is 0 Å². The second-order valence-corrected chi connectivity index (χ2v) is 16.6. The molecule has 1 saturated carbocycles. The number of nitrogens with one attached hydrogen (secondary N) is 1. The van der Waals surface area contributed by atoms with Gasteiger partial charge in [-0.15, -0.1) is 0 Å². The van der Waals surface area contributed by atoms with E-state index < -0.39 is 35.4 Å². The lowest BCUT2D eigenvalue weighted by molar-refractivity contribution is -0.0232. The van der Waals surface area contributed by atoms with E-state index >= 15 is 4.79 Å². The number of fused-ring (bicyclic) bond motifs is 2. The number of hydrogen-bond donors (Lipinski definition) is 7. The van der Waals surface area contributed by atoms with E-state index in [0.717, 1.165) is 36.8 Å². The van der Waals surface area contributed by atoms with Gasteiger partial charge >= 0.3 is 0 Å². The first-order valence-electron chi connectivity index (χ1n) is 16.5. The summed E-state index contributed by atoms with van der Waals surface area (Å²) in [5.41, 5.74) is 12.1. The number of rotatable bonds is 7. The first-order valence-corrected chi connectivity index (χ1v) is 19.0. The summed E-state index contributed by atoms with van der Waals surface area (Å²) in [5, 5.41) is 44.1. The average Bonchev–Trinajstić information content (AvgIpc) is 3.74. The Labute approximate surface area is 291 Å². The fourth-order valence-electron chi connectivity index (χ4n) is 7.53. The van der Waals surface area contributed by atoms with Crippen LogP contribution in [0.4, 0.5) is 5.69 Å². The van der Waals surface area contributed by atoms with Gasteiger partial charge in [0.2, 0.25) is 5.43 Å². The van der Waals surface area contributed by atoms with Crippen molar-refractivity contribution in [3.63, 3.8) is 0 Å². The highest BCUT2D eigenvalue weighted by atomic mass is 33.1. The minimum absolute atomic E-state index is 0.0208. The van der Waals surface area contributed by atoms with Gasteiger partial charge in [-0.1, -0.05) is 39.8 Å². The van der Waals surface area contributed by atoms with Gasteiger partial charge < -0.3 is 40.7 Å². The van der Waals surface area contributed by atoms with Gasteiger partial charge in [-0.05, 0) is 63.3 Å². The van der Waals surface area contributed by atoms with Crippen molar-refractivity contribution < 1.29 is 34.4 Å². The molecule has 262 valence electrons. The molecule has 2 aliphatic carbocycles. The molecule has 4 atom stereocenters. The van der Waals surface area contributed by atoms with Gasteiger partial charge in [0.1, 0.15) is 45.5 Å². The Morgan fingerprint density at radius 2 is 1.90 bits per heavy atom. The zero-order chi connectivity index (χ0) is 34.7. The maximum absolute atomic E-state index is 15.3. The molecule has 12 nitrogen and oxygen atoms in total. The molecule has 3 aromatic rings. The van der Waals surface area contributed by atoms with Crippen LogP contribution in [0.1, 0.15) is 79.9 Å². The van der Waals surface area contributed by atoms with Crippen molar-refractivity contribution in [3.05, 3.63) is 74.7 Å². The van der Waals surface area contributed by atoms with Crippen LogP contribution in [0, 0.1) is 0 Å². The van der Waals surface area contributed by atoms with E-state index in [1.54, 1.807) is 50.3 Å². The van der Waals surface area contributed by atoms with E-state index in [1.807, 2.05) is 0 Å². The molecular formula is C35H42N4O8S2. The quantitative estimate of drug-likeness (QED) is 0.0605. The number of allylic oxidation sites excluding steroid dienone is 1. The van der Waals surface area contributed by atoms with Crippen LogP contribution < -0.4 is 31.8 Å². The molecule has 0 spiro atoms. The number of benzene rings is 2. The van der Waals surface area contributed by atoms with Gasteiger partial charge in [0.15, 0.2) is 5.96 Å². The maximum Gasteiger partial charge on any atom is 0.201 e. The highest BCUT2D eigenvalue weighted by Crippen LogP contribution is 2.53. The van der Waals surface area contributed by atoms with E-state index in [4.69, 9.17) is 25.4 Å². The lowest BCUT2D eigenvalue weighted by Gasteiger charge is -2.38. The summed E-state index contributed by atoms with van der Waals surface area (Å²) in [5.74, 6) is 0.625. The van der Waals surface area contributed by atoms with Crippen molar-refractivity contribution in [2.75, 3.05) is 17.8 Å². The molecule has 1 aromatic heterocycles. The fraction of sp³-hybridized carbons (Fsp3) is 0.486. The van der Waals surface area contributed by atoms with Crippen LogP contribution in [0.5, 0.6) is 11.5 Å². The van der Waals surface area contributed by atoms with Crippen LogP contribution in [0.3, 0.4) is 0 Å². The van der Waals surface area contributed by atoms with E-state index in [-0.39, 0.29) is 52.0 Å². The minimum Gasteiger partial charge on any atom is -0.489 e. The minimum atomic E-state index is -1.90. The lowest BCUT2D eigenvalue weighted by atomic mass is 9.74. The Kier molecular flexibility index (Phi) is 8.85. The molecule has 1 fully saturated rings. The molecule has 7 rings (SSSR count). The Morgan fingerprint density at radius 3 is 2.55 bits per heavy atom. The maximum atomic E-state index is 15.3. The Hall–Kier alpha value is -3.40. The summed E-state index contributed by atoms with van der Waals surface area (Å²) >= 11 is 0. The zero-order valence-electron chi connectivity index (χ0n) is 27.4. The molecule has 2 aromatic carbocycles. The predicted octanol–water partition coefficient (Wildman–Crippen LogP) is 4.17. The predicted molar refractivity (Wildman–Crippen MR) is 191 cm³/mol. The summed E-state index contributed by atoms with van der Waals surface area (Å²) in [6.45, 7) is 2.91. The van der Waals surface area contributed by atoms with Gasteiger partial charge in [0.05, 0.1) is 29.6 Å². The van der Waals surface area contributed by atoms with Gasteiger partial charge in [0, 0.05) is 41.4 Å². The van der Waals surface area contributed by atoms with Crippen molar-refractivity contribution in [1.29, 1.82) is 0 Å². The molecule has 49 heavy (non-hydrogen) atoms. The van der Waals surface area contributed by atoms with Crippen LogP contribution >= 0.6 is 21.6 Å². The number of aliphatic imine (C=N–C) groups is 1. The number of aliphatic hydroxyl groups is 3. The van der Waals surface area contributed by atoms with E-state index in [1.165, 1.54) is 21.6 Å². The third-order valence-corrected chi connectivity index (χ3v) is 12.5. The number of nitrogens with zero attached hydrogens (tertiary/aromatic N) is 1. The molecule has 2 bridgehead atoms. The Balaban J connectivity index is 1.55. The molecule has 4 aliphatic rings. The zero-order valence-corrected chi connectivity index (χ0v) is 29.0. The van der Waals surface area contributed by atoms with Crippen molar-refractivity contribution in [2.24, 2.45) is 16.5 Å². The molecule has 0 radical (unpaired) electrons. The third kappa shape index (κ3) is 6.06. The number of ether oxygens (including phenoxy) is 2. The smallest absolute Gasteiger partial charge is 0.201 e. The Morgan fingerprint density at radius 1 is 1.16 bits per heavy atom. The van der Waals surface area contributed by atoms with Gasteiger partial charge in [-0.25, -0.2) is 4.99 Å². The normalized spacial score (nSPS) is 26.7. The summed E-state index contributed by atoms with van der Waals surface area (Å²) in [7, 11) is 2.88. The molecule has 14 heteroatoms. The van der Waals surface area contributed by atoms with Crippen molar-refractivity contribution in [3.8, 4) is 11.5 Å². The second kappa shape index (κ2) is 12.7. The molecule has 9 N–H and O–H groups in total. The van der Waals surface area contributed by atoms with E-state index in [9.17, 15) is 20.5 Å². The topological polar surface area (TPSA) is 206 Å². The van der Waals surface area contributed by atoms with Crippen LogP contribution in [0.2, 0.25) is 0 Å². The fourth-order valence-corrected chi connectivity index (χ4v) is 10.1. The SMILES string of the molecule is CC(C)(O)C1Cc2c(c3c4oc5c(c(=O)c4c2OC2CCCC2)C(c2ccc(NO)cc2)C=CC5(O)CC(CO)(N=C(N)N)CSSC3)O1. The van der Waals surface area contributed by atoms with E-state index in [0.29, 0.717) is 34.9 Å². The number of aliphatic hydroxyl groups excluding tert-OH is 1. The third-order valence-electron chi connectivity index (χ3n) is 10.0. The first kappa shape index (κ1) is 34.1. The van der Waals surface area contributed by atoms with Crippen molar-refractivity contribution >= 4 is 44.2 Å². The largest absolute Gasteiger partial charge is 0.489 e. The summed E-state index contributed by atoms with van der Waals surface area (Å²) in [6, 6.07) is 6.95. The molecule has 0 saturated heterocycles. The van der Waals surface area contributed by atoms with Crippen LogP contribution in [-0.4, -0.2) is 62.2 Å². The number of nitrogens with two attached hydrogens (primary N) is 2. The van der Waals surface area contributed by atoms with Gasteiger partial charge in [0.25, 0.3) is 0 Å². The van der Waals surface area contributed by atoms with Crippen LogP contribution in [0.15, 0.2) is 50.6 Å². The second-order valence-electron chi connectivity index (χ2n) is 14.1. The monoisotopic (exact) mass is 710 g/mol. The van der Waals surface area contributed by atoms with Crippen LogP contribution in [0.25, 0.3) is 11.0 Å². The molecular weight excluding hydrogens is 669 g/mol. The lowest BCUT2D eigenvalue weighted by Crippen LogP contribution is -2.46. The Bertz CT molecular complexity index is 1880. The molecule has 0 amide bonds. The summed E-state index contributed by atoms with van der Waals surface area (Å²) < 4.78 is 20.1. The first-order chi connectivity index (χ1) is 23.4. The van der Waals surface area contributed by atoms with Crippen LogP contribution in [-0.2, 0) is 17.8 Å². The summed E-state index contributed by atoms with van der Waals surface area (Å²) in [6.07, 6.45) is 6.52. The number of hydrogen-bond acceptors (Lipinski definition) is 12. The molecule has 2 aliphatic heterocycles. The summed E-state index contributed by atoms with van der Waals surface area (Å²) in [4.78, 5) is 19.7. The van der Waals surface area contributed by atoms with Gasteiger partial charge in [-0.3, -0.25) is 15.5 Å².